The Bertz CT molecular complexity index is 921. The van der Waals surface area contributed by atoms with Gasteiger partial charge in [0.25, 0.3) is 5.91 Å². The van der Waals surface area contributed by atoms with Crippen LogP contribution in [0.25, 0.3) is 11.3 Å². The Morgan fingerprint density at radius 3 is 2.54 bits per heavy atom. The zero-order chi connectivity index (χ0) is 18.7. The van der Waals surface area contributed by atoms with Crippen LogP contribution in [-0.2, 0) is 6.18 Å². The number of nitrogens with one attached hydrogen (secondary N) is 1. The van der Waals surface area contributed by atoms with E-state index in [2.05, 4.69) is 10.3 Å². The van der Waals surface area contributed by atoms with Gasteiger partial charge in [-0.3, -0.25) is 10.1 Å². The zero-order valence-electron chi connectivity index (χ0n) is 13.5. The fourth-order valence-electron chi connectivity index (χ4n) is 2.23. The third kappa shape index (κ3) is 4.02. The lowest BCUT2D eigenvalue weighted by Gasteiger charge is -2.08. The number of carbonyl (C=O) groups is 1. The highest BCUT2D eigenvalue weighted by Crippen LogP contribution is 2.30. The molecule has 26 heavy (non-hydrogen) atoms. The van der Waals surface area contributed by atoms with Gasteiger partial charge in [-0.25, -0.2) is 4.98 Å². The van der Waals surface area contributed by atoms with Crippen molar-refractivity contribution in [3.8, 4) is 17.0 Å². The van der Waals surface area contributed by atoms with Crippen molar-refractivity contribution < 1.29 is 22.7 Å². The number of hydrogen-bond donors (Lipinski definition) is 1. The Kier molecular flexibility index (Phi) is 4.94. The third-order valence-electron chi connectivity index (χ3n) is 3.56. The SMILES string of the molecule is COc1ccc(-c2csc(NC(=O)c3cccc(C(F)(F)F)c3)n2)cc1. The van der Waals surface area contributed by atoms with Gasteiger partial charge in [-0.2, -0.15) is 13.2 Å². The smallest absolute Gasteiger partial charge is 0.416 e. The number of halogens is 3. The molecule has 8 heteroatoms. The van der Waals surface area contributed by atoms with Gasteiger partial charge in [0.15, 0.2) is 5.13 Å². The maximum absolute atomic E-state index is 12.8. The van der Waals surface area contributed by atoms with E-state index in [1.165, 1.54) is 23.5 Å². The maximum atomic E-state index is 12.8. The number of nitrogens with zero attached hydrogens (tertiary/aromatic N) is 1. The van der Waals surface area contributed by atoms with Crippen LogP contribution in [-0.4, -0.2) is 18.0 Å². The molecule has 0 aliphatic carbocycles. The predicted octanol–water partition coefficient (Wildman–Crippen LogP) is 5.09. The highest BCUT2D eigenvalue weighted by atomic mass is 32.1. The Morgan fingerprint density at radius 1 is 1.15 bits per heavy atom. The minimum Gasteiger partial charge on any atom is -0.497 e. The average molecular weight is 378 g/mol. The molecule has 0 atom stereocenters. The van der Waals surface area contributed by atoms with Crippen molar-refractivity contribution >= 4 is 22.4 Å². The lowest BCUT2D eigenvalue weighted by Crippen LogP contribution is -2.13. The van der Waals surface area contributed by atoms with Crippen LogP contribution >= 0.6 is 11.3 Å². The molecule has 0 unspecified atom stereocenters. The summed E-state index contributed by atoms with van der Waals surface area (Å²) in [5, 5.41) is 4.58. The van der Waals surface area contributed by atoms with E-state index in [1.54, 1.807) is 24.6 Å². The van der Waals surface area contributed by atoms with Crippen LogP contribution in [0.5, 0.6) is 5.75 Å². The molecule has 0 fully saturated rings. The summed E-state index contributed by atoms with van der Waals surface area (Å²) in [4.78, 5) is 16.5. The highest BCUT2D eigenvalue weighted by molar-refractivity contribution is 7.14. The van der Waals surface area contributed by atoms with Crippen molar-refractivity contribution in [2.45, 2.75) is 6.18 Å². The van der Waals surface area contributed by atoms with Gasteiger partial charge >= 0.3 is 6.18 Å². The van der Waals surface area contributed by atoms with Crippen LogP contribution in [0.1, 0.15) is 15.9 Å². The number of thiazole rings is 1. The standard InChI is InChI=1S/C18H13F3N2O2S/c1-25-14-7-5-11(6-8-14)15-10-26-17(22-15)23-16(24)12-3-2-4-13(9-12)18(19,20)21/h2-10H,1H3,(H,22,23,24). The largest absolute Gasteiger partial charge is 0.497 e. The number of amides is 1. The van der Waals surface area contributed by atoms with E-state index in [-0.39, 0.29) is 5.56 Å². The number of anilines is 1. The normalized spacial score (nSPS) is 11.2. The second kappa shape index (κ2) is 7.17. The third-order valence-corrected chi connectivity index (χ3v) is 4.32. The van der Waals surface area contributed by atoms with E-state index in [9.17, 15) is 18.0 Å². The molecule has 1 amide bonds. The molecule has 1 heterocycles. The second-order valence-electron chi connectivity index (χ2n) is 5.30. The number of carbonyl (C=O) groups excluding carboxylic acids is 1. The van der Waals surface area contributed by atoms with Gasteiger partial charge in [-0.05, 0) is 42.5 Å². The monoisotopic (exact) mass is 378 g/mol. The van der Waals surface area contributed by atoms with E-state index in [0.29, 0.717) is 16.6 Å². The van der Waals surface area contributed by atoms with Crippen molar-refractivity contribution in [1.82, 2.24) is 4.98 Å². The molecule has 134 valence electrons. The number of rotatable bonds is 4. The summed E-state index contributed by atoms with van der Waals surface area (Å²) in [5.74, 6) is 0.0637. The van der Waals surface area contributed by atoms with Crippen molar-refractivity contribution in [1.29, 1.82) is 0 Å². The Morgan fingerprint density at radius 2 is 1.88 bits per heavy atom. The lowest BCUT2D eigenvalue weighted by atomic mass is 10.1. The van der Waals surface area contributed by atoms with Gasteiger partial charge in [0, 0.05) is 16.5 Å². The Labute approximate surface area is 151 Å². The molecule has 0 saturated heterocycles. The molecule has 1 N–H and O–H groups in total. The van der Waals surface area contributed by atoms with Gasteiger partial charge < -0.3 is 4.74 Å². The summed E-state index contributed by atoms with van der Waals surface area (Å²) in [7, 11) is 1.57. The Hall–Kier alpha value is -2.87. The number of benzene rings is 2. The van der Waals surface area contributed by atoms with Crippen molar-refractivity contribution in [2.75, 3.05) is 12.4 Å². The quantitative estimate of drug-likeness (QED) is 0.688. The number of ether oxygens (including phenoxy) is 1. The van der Waals surface area contributed by atoms with Gasteiger partial charge in [-0.1, -0.05) is 6.07 Å². The first-order chi connectivity index (χ1) is 12.4. The van der Waals surface area contributed by atoms with Crippen LogP contribution < -0.4 is 10.1 Å². The van der Waals surface area contributed by atoms with Crippen LogP contribution in [0.4, 0.5) is 18.3 Å². The zero-order valence-corrected chi connectivity index (χ0v) is 14.3. The van der Waals surface area contributed by atoms with Gasteiger partial charge in [0.1, 0.15) is 5.75 Å². The van der Waals surface area contributed by atoms with E-state index < -0.39 is 17.6 Å². The molecule has 0 radical (unpaired) electrons. The summed E-state index contributed by atoms with van der Waals surface area (Å²) in [6.07, 6.45) is -4.50. The van der Waals surface area contributed by atoms with Crippen molar-refractivity contribution in [3.05, 3.63) is 65.0 Å². The van der Waals surface area contributed by atoms with Crippen molar-refractivity contribution in [2.24, 2.45) is 0 Å². The van der Waals surface area contributed by atoms with Crippen LogP contribution in [0.15, 0.2) is 53.9 Å². The van der Waals surface area contributed by atoms with Crippen LogP contribution in [0.3, 0.4) is 0 Å². The number of hydrogen-bond acceptors (Lipinski definition) is 4. The van der Waals surface area contributed by atoms with E-state index in [0.717, 1.165) is 17.7 Å². The van der Waals surface area contributed by atoms with Crippen molar-refractivity contribution in [3.63, 3.8) is 0 Å². The number of aromatic nitrogens is 1. The first kappa shape index (κ1) is 17.9. The van der Waals surface area contributed by atoms with E-state index in [4.69, 9.17) is 4.74 Å². The first-order valence-electron chi connectivity index (χ1n) is 7.45. The summed E-state index contributed by atoms with van der Waals surface area (Å²) < 4.78 is 43.3. The summed E-state index contributed by atoms with van der Waals surface area (Å²) in [6.45, 7) is 0. The lowest BCUT2D eigenvalue weighted by molar-refractivity contribution is -0.137. The molecular weight excluding hydrogens is 365 g/mol. The fraction of sp³-hybridized carbons (Fsp3) is 0.111. The molecule has 2 aromatic carbocycles. The summed E-state index contributed by atoms with van der Waals surface area (Å²) in [5.41, 5.74) is 0.530. The molecule has 4 nitrogen and oxygen atoms in total. The van der Waals surface area contributed by atoms with Crippen LogP contribution in [0, 0.1) is 0 Å². The minimum absolute atomic E-state index is 0.0824. The Balaban J connectivity index is 1.75. The number of alkyl halides is 3. The molecule has 1 aromatic heterocycles. The van der Waals surface area contributed by atoms with E-state index >= 15 is 0 Å². The molecule has 3 aromatic rings. The van der Waals surface area contributed by atoms with Gasteiger partial charge in [0.05, 0.1) is 18.4 Å². The predicted molar refractivity (Wildman–Crippen MR) is 93.5 cm³/mol. The van der Waals surface area contributed by atoms with Gasteiger partial charge in [0.2, 0.25) is 0 Å². The molecule has 0 saturated carbocycles. The topological polar surface area (TPSA) is 51.2 Å². The summed E-state index contributed by atoms with van der Waals surface area (Å²) in [6, 6.07) is 11.5. The first-order valence-corrected chi connectivity index (χ1v) is 8.33. The molecular formula is C18H13F3N2O2S. The molecule has 0 bridgehead atoms. The maximum Gasteiger partial charge on any atom is 0.416 e. The average Bonchev–Trinajstić information content (AvgIpc) is 3.09. The highest BCUT2D eigenvalue weighted by Gasteiger charge is 2.30. The number of methoxy groups -OCH3 is 1. The second-order valence-corrected chi connectivity index (χ2v) is 6.16. The van der Waals surface area contributed by atoms with Gasteiger partial charge in [-0.15, -0.1) is 11.3 Å². The molecule has 3 rings (SSSR count). The molecule has 0 aliphatic heterocycles. The fourth-order valence-corrected chi connectivity index (χ4v) is 2.95. The van der Waals surface area contributed by atoms with Crippen LogP contribution in [0.2, 0.25) is 0 Å². The molecule has 0 spiro atoms. The molecule has 0 aliphatic rings. The van der Waals surface area contributed by atoms with E-state index in [1.807, 2.05) is 12.1 Å². The minimum atomic E-state index is -4.50. The summed E-state index contributed by atoms with van der Waals surface area (Å²) >= 11 is 1.19.